The first kappa shape index (κ1) is 16.4. The maximum Gasteiger partial charge on any atom is 0.416 e. The van der Waals surface area contributed by atoms with Crippen LogP contribution in [0.5, 0.6) is 11.5 Å². The smallest absolute Gasteiger partial charge is 0.416 e. The Kier molecular flexibility index (Phi) is 4.68. The van der Waals surface area contributed by atoms with Gasteiger partial charge in [-0.1, -0.05) is 15.9 Å². The quantitative estimate of drug-likeness (QED) is 0.526. The van der Waals surface area contributed by atoms with Crippen LogP contribution in [0.3, 0.4) is 0 Å². The van der Waals surface area contributed by atoms with Gasteiger partial charge in [0.25, 0.3) is 0 Å². The second-order valence-corrected chi connectivity index (χ2v) is 6.26. The van der Waals surface area contributed by atoms with E-state index in [4.69, 9.17) is 4.74 Å². The minimum absolute atomic E-state index is 0.260. The van der Waals surface area contributed by atoms with Crippen molar-refractivity contribution in [3.05, 3.63) is 56.0 Å². The molecule has 0 N–H and O–H groups in total. The zero-order valence-corrected chi connectivity index (χ0v) is 14.4. The van der Waals surface area contributed by atoms with E-state index in [1.54, 1.807) is 0 Å². The molecule has 112 valence electrons. The molecule has 0 aromatic heterocycles. The molecule has 2 aromatic carbocycles. The van der Waals surface area contributed by atoms with Crippen molar-refractivity contribution in [1.29, 1.82) is 0 Å². The monoisotopic (exact) mass is 422 g/mol. The van der Waals surface area contributed by atoms with Crippen LogP contribution in [0.2, 0.25) is 0 Å². The molecule has 2 rings (SSSR count). The Bertz CT molecular complexity index is 658. The molecule has 0 bridgehead atoms. The first-order valence-electron chi connectivity index (χ1n) is 6.00. The molecule has 0 unspecified atom stereocenters. The standard InChI is InChI=1S/C15H11Br2F3O/c1-8-5-11(6-9(2)14(8)17)21-13-4-3-10(7-12(13)16)15(18,19)20/h3-7H,1-2H3. The lowest BCUT2D eigenvalue weighted by molar-refractivity contribution is -0.137. The molecule has 0 aliphatic carbocycles. The van der Waals surface area contributed by atoms with Gasteiger partial charge in [-0.15, -0.1) is 0 Å². The molecule has 0 fully saturated rings. The topological polar surface area (TPSA) is 9.23 Å². The molecule has 6 heteroatoms. The van der Waals surface area contributed by atoms with Gasteiger partial charge in [-0.2, -0.15) is 13.2 Å². The molecule has 0 saturated heterocycles. The van der Waals surface area contributed by atoms with Gasteiger partial charge in [0.05, 0.1) is 10.0 Å². The number of aryl methyl sites for hydroxylation is 2. The lowest BCUT2D eigenvalue weighted by Crippen LogP contribution is -2.04. The van der Waals surface area contributed by atoms with Gasteiger partial charge in [0.15, 0.2) is 0 Å². The molecule has 1 nitrogen and oxygen atoms in total. The molecule has 0 saturated carbocycles. The van der Waals surface area contributed by atoms with Crippen molar-refractivity contribution in [1.82, 2.24) is 0 Å². The number of rotatable bonds is 2. The second-order valence-electron chi connectivity index (χ2n) is 4.62. The number of ether oxygens (including phenoxy) is 1. The number of halogens is 5. The molecule has 0 radical (unpaired) electrons. The maximum absolute atomic E-state index is 12.6. The van der Waals surface area contributed by atoms with Gasteiger partial charge in [-0.3, -0.25) is 0 Å². The molecule has 0 amide bonds. The molecule has 0 atom stereocenters. The number of alkyl halides is 3. The van der Waals surface area contributed by atoms with E-state index in [0.717, 1.165) is 27.7 Å². The van der Waals surface area contributed by atoms with Crippen molar-refractivity contribution in [3.8, 4) is 11.5 Å². The molecule has 0 spiro atoms. The van der Waals surface area contributed by atoms with Crippen molar-refractivity contribution >= 4 is 31.9 Å². The number of hydrogen-bond acceptors (Lipinski definition) is 1. The SMILES string of the molecule is Cc1cc(Oc2ccc(C(F)(F)F)cc2Br)cc(C)c1Br. The third kappa shape index (κ3) is 3.80. The van der Waals surface area contributed by atoms with Crippen LogP contribution in [-0.4, -0.2) is 0 Å². The maximum atomic E-state index is 12.6. The molecular formula is C15H11Br2F3O. The molecule has 0 aliphatic rings. The summed E-state index contributed by atoms with van der Waals surface area (Å²) in [6, 6.07) is 6.95. The van der Waals surface area contributed by atoms with Crippen molar-refractivity contribution < 1.29 is 17.9 Å². The van der Waals surface area contributed by atoms with Gasteiger partial charge >= 0.3 is 6.18 Å². The summed E-state index contributed by atoms with van der Waals surface area (Å²) >= 11 is 6.57. The zero-order chi connectivity index (χ0) is 15.8. The first-order valence-corrected chi connectivity index (χ1v) is 7.58. The van der Waals surface area contributed by atoms with Crippen molar-refractivity contribution in [2.24, 2.45) is 0 Å². The Morgan fingerprint density at radius 3 is 2.00 bits per heavy atom. The fourth-order valence-electron chi connectivity index (χ4n) is 1.85. The van der Waals surface area contributed by atoms with Crippen LogP contribution < -0.4 is 4.74 Å². The summed E-state index contributed by atoms with van der Waals surface area (Å²) in [6.45, 7) is 3.84. The van der Waals surface area contributed by atoms with Gasteiger partial charge < -0.3 is 4.74 Å². The van der Waals surface area contributed by atoms with Crippen molar-refractivity contribution in [2.75, 3.05) is 0 Å². The summed E-state index contributed by atoms with van der Waals surface area (Å²) in [5.41, 5.74) is 1.27. The Balaban J connectivity index is 2.32. The lowest BCUT2D eigenvalue weighted by atomic mass is 10.1. The van der Waals surface area contributed by atoms with Crippen LogP contribution in [0, 0.1) is 13.8 Å². The average molecular weight is 424 g/mol. The molecule has 0 heterocycles. The Hall–Kier alpha value is -1.01. The fourth-order valence-corrected chi connectivity index (χ4v) is 2.54. The van der Waals surface area contributed by atoms with Crippen LogP contribution in [0.15, 0.2) is 39.3 Å². The summed E-state index contributed by atoms with van der Waals surface area (Å²) in [7, 11) is 0. The predicted molar refractivity (Wildman–Crippen MR) is 82.8 cm³/mol. The fraction of sp³-hybridized carbons (Fsp3) is 0.200. The molecule has 21 heavy (non-hydrogen) atoms. The first-order chi connectivity index (χ1) is 9.68. The highest BCUT2D eigenvalue weighted by Crippen LogP contribution is 2.37. The van der Waals surface area contributed by atoms with E-state index in [9.17, 15) is 13.2 Å². The Labute approximate surface area is 137 Å². The highest BCUT2D eigenvalue weighted by atomic mass is 79.9. The van der Waals surface area contributed by atoms with E-state index in [1.165, 1.54) is 6.07 Å². The summed E-state index contributed by atoms with van der Waals surface area (Å²) < 4.78 is 44.7. The predicted octanol–water partition coefficient (Wildman–Crippen LogP) is 6.64. The van der Waals surface area contributed by atoms with E-state index in [0.29, 0.717) is 11.5 Å². The number of benzene rings is 2. The van der Waals surface area contributed by atoms with Crippen LogP contribution in [0.1, 0.15) is 16.7 Å². The second kappa shape index (κ2) is 6.01. The average Bonchev–Trinajstić information content (AvgIpc) is 2.37. The molecular weight excluding hydrogens is 413 g/mol. The van der Waals surface area contributed by atoms with Crippen LogP contribution in [-0.2, 0) is 6.18 Å². The highest BCUT2D eigenvalue weighted by molar-refractivity contribution is 9.10. The summed E-state index contributed by atoms with van der Waals surface area (Å²) in [5, 5.41) is 0. The third-order valence-electron chi connectivity index (χ3n) is 2.90. The third-order valence-corrected chi connectivity index (χ3v) is 4.77. The largest absolute Gasteiger partial charge is 0.456 e. The Morgan fingerprint density at radius 2 is 1.52 bits per heavy atom. The van der Waals surface area contributed by atoms with E-state index < -0.39 is 11.7 Å². The molecule has 0 aliphatic heterocycles. The van der Waals surface area contributed by atoms with Crippen molar-refractivity contribution in [2.45, 2.75) is 20.0 Å². The van der Waals surface area contributed by atoms with Crippen LogP contribution in [0.25, 0.3) is 0 Å². The van der Waals surface area contributed by atoms with E-state index in [-0.39, 0.29) is 4.47 Å². The minimum Gasteiger partial charge on any atom is -0.456 e. The van der Waals surface area contributed by atoms with Gasteiger partial charge in [-0.05, 0) is 71.2 Å². The Morgan fingerprint density at radius 1 is 0.952 bits per heavy atom. The van der Waals surface area contributed by atoms with Gasteiger partial charge in [-0.25, -0.2) is 0 Å². The summed E-state index contributed by atoms with van der Waals surface area (Å²) in [5.74, 6) is 0.915. The molecule has 2 aromatic rings. The van der Waals surface area contributed by atoms with Gasteiger partial charge in [0, 0.05) is 4.47 Å². The summed E-state index contributed by atoms with van der Waals surface area (Å²) in [6.07, 6.45) is -4.37. The van der Waals surface area contributed by atoms with E-state index in [2.05, 4.69) is 31.9 Å². The number of hydrogen-bond donors (Lipinski definition) is 0. The minimum atomic E-state index is -4.37. The normalized spacial score (nSPS) is 11.6. The highest BCUT2D eigenvalue weighted by Gasteiger charge is 2.31. The zero-order valence-electron chi connectivity index (χ0n) is 11.2. The van der Waals surface area contributed by atoms with Crippen molar-refractivity contribution in [3.63, 3.8) is 0 Å². The van der Waals surface area contributed by atoms with Gasteiger partial charge in [0.1, 0.15) is 11.5 Å². The van der Waals surface area contributed by atoms with E-state index >= 15 is 0 Å². The van der Waals surface area contributed by atoms with Crippen LogP contribution in [0.4, 0.5) is 13.2 Å². The lowest BCUT2D eigenvalue weighted by Gasteiger charge is -2.13. The van der Waals surface area contributed by atoms with Crippen LogP contribution >= 0.6 is 31.9 Å². The van der Waals surface area contributed by atoms with Gasteiger partial charge in [0.2, 0.25) is 0 Å². The summed E-state index contributed by atoms with van der Waals surface area (Å²) in [4.78, 5) is 0. The van der Waals surface area contributed by atoms with E-state index in [1.807, 2.05) is 26.0 Å².